The van der Waals surface area contributed by atoms with Crippen molar-refractivity contribution in [3.05, 3.63) is 29.8 Å². The van der Waals surface area contributed by atoms with E-state index in [0.29, 0.717) is 13.1 Å². The summed E-state index contributed by atoms with van der Waals surface area (Å²) in [5.41, 5.74) is 5.19. The minimum atomic E-state index is -1.27. The number of carboxylic acid groups (broad SMARTS) is 1. The van der Waals surface area contributed by atoms with E-state index in [9.17, 15) is 19.5 Å². The van der Waals surface area contributed by atoms with Crippen LogP contribution < -0.4 is 10.5 Å². The summed E-state index contributed by atoms with van der Waals surface area (Å²) in [4.78, 5) is 39.1. The van der Waals surface area contributed by atoms with Crippen LogP contribution in [0.25, 0.3) is 0 Å². The lowest BCUT2D eigenvalue weighted by Gasteiger charge is -2.26. The summed E-state index contributed by atoms with van der Waals surface area (Å²) < 4.78 is 10.7. The maximum absolute atomic E-state index is 13.2. The number of benzene rings is 1. The fourth-order valence-corrected chi connectivity index (χ4v) is 4.08. The molecule has 1 spiro atoms. The monoisotopic (exact) mass is 377 g/mol. The van der Waals surface area contributed by atoms with E-state index in [1.165, 1.54) is 7.11 Å². The van der Waals surface area contributed by atoms with Gasteiger partial charge in [-0.25, -0.2) is 4.79 Å². The van der Waals surface area contributed by atoms with Gasteiger partial charge in [-0.15, -0.1) is 0 Å². The van der Waals surface area contributed by atoms with Crippen LogP contribution in [0.15, 0.2) is 24.3 Å². The van der Waals surface area contributed by atoms with Crippen LogP contribution in [-0.2, 0) is 20.9 Å². The van der Waals surface area contributed by atoms with E-state index in [4.69, 9.17) is 15.2 Å². The zero-order chi connectivity index (χ0) is 19.8. The molecule has 0 bridgehead atoms. The van der Waals surface area contributed by atoms with Gasteiger partial charge in [-0.2, -0.15) is 0 Å². The summed E-state index contributed by atoms with van der Waals surface area (Å²) in [6.45, 7) is 0.575. The quantitative estimate of drug-likeness (QED) is 0.760. The lowest BCUT2D eigenvalue weighted by molar-refractivity contribution is -0.138. The van der Waals surface area contributed by atoms with Crippen LogP contribution in [0.3, 0.4) is 0 Å². The van der Waals surface area contributed by atoms with Crippen molar-refractivity contribution in [2.75, 3.05) is 27.3 Å². The van der Waals surface area contributed by atoms with Crippen LogP contribution in [0.4, 0.5) is 4.79 Å². The molecular formula is C18H23N3O6. The average Bonchev–Trinajstić information content (AvgIpc) is 3.17. The molecule has 3 rings (SSSR count). The van der Waals surface area contributed by atoms with Gasteiger partial charge in [0.05, 0.1) is 18.6 Å². The molecular weight excluding hydrogens is 354 g/mol. The van der Waals surface area contributed by atoms with Crippen molar-refractivity contribution in [1.29, 1.82) is 0 Å². The third-order valence-corrected chi connectivity index (χ3v) is 5.49. The highest BCUT2D eigenvalue weighted by molar-refractivity contribution is 5.91. The van der Waals surface area contributed by atoms with Gasteiger partial charge in [0.15, 0.2) is 0 Å². The zero-order valence-corrected chi connectivity index (χ0v) is 15.3. The smallest absolute Gasteiger partial charge is 0.408 e. The highest BCUT2D eigenvalue weighted by Gasteiger charge is 2.62. The number of likely N-dealkylation sites (tertiary alicyclic amines) is 2. The van der Waals surface area contributed by atoms with Crippen molar-refractivity contribution in [3.63, 3.8) is 0 Å². The number of nitrogens with zero attached hydrogens (tertiary/aromatic N) is 2. The first-order chi connectivity index (χ1) is 12.8. The SMILES string of the molecule is COc1ccc(CN2CC(OC)[C@@]3(C[C@@H](C(N)=O)N(C(=O)O)C3)C2=O)cc1. The molecule has 3 amide bonds. The van der Waals surface area contributed by atoms with Crippen LogP contribution in [0, 0.1) is 5.41 Å². The fourth-order valence-electron chi connectivity index (χ4n) is 4.08. The van der Waals surface area contributed by atoms with Crippen molar-refractivity contribution in [2.45, 2.75) is 25.1 Å². The van der Waals surface area contributed by atoms with Crippen molar-refractivity contribution in [1.82, 2.24) is 9.80 Å². The number of hydrogen-bond acceptors (Lipinski definition) is 5. The Kier molecular flexibility index (Phi) is 4.97. The molecule has 0 saturated carbocycles. The van der Waals surface area contributed by atoms with Crippen LogP contribution in [0.2, 0.25) is 0 Å². The summed E-state index contributed by atoms with van der Waals surface area (Å²) in [7, 11) is 3.06. The summed E-state index contributed by atoms with van der Waals surface area (Å²) in [6.07, 6.45) is -1.76. The molecule has 0 radical (unpaired) electrons. The molecule has 27 heavy (non-hydrogen) atoms. The number of rotatable bonds is 5. The van der Waals surface area contributed by atoms with E-state index in [2.05, 4.69) is 0 Å². The highest BCUT2D eigenvalue weighted by atomic mass is 16.5. The number of carbonyl (C=O) groups excluding carboxylic acids is 2. The fraction of sp³-hybridized carbons (Fsp3) is 0.500. The average molecular weight is 377 g/mol. The van der Waals surface area contributed by atoms with Gasteiger partial charge < -0.3 is 25.2 Å². The second kappa shape index (κ2) is 7.07. The number of amides is 3. The first-order valence-corrected chi connectivity index (χ1v) is 8.56. The van der Waals surface area contributed by atoms with Gasteiger partial charge in [-0.05, 0) is 24.1 Å². The minimum Gasteiger partial charge on any atom is -0.497 e. The van der Waals surface area contributed by atoms with Gasteiger partial charge in [0.2, 0.25) is 11.8 Å². The molecule has 2 aliphatic heterocycles. The Hall–Kier alpha value is -2.81. The Labute approximate surface area is 156 Å². The Morgan fingerprint density at radius 1 is 1.30 bits per heavy atom. The van der Waals surface area contributed by atoms with E-state index >= 15 is 0 Å². The molecule has 9 heteroatoms. The van der Waals surface area contributed by atoms with Gasteiger partial charge in [0.1, 0.15) is 11.8 Å². The Bertz CT molecular complexity index is 728. The molecule has 9 nitrogen and oxygen atoms in total. The van der Waals surface area contributed by atoms with E-state index in [1.807, 2.05) is 24.3 Å². The summed E-state index contributed by atoms with van der Waals surface area (Å²) >= 11 is 0. The standard InChI is InChI=1S/C18H23N3O6/c1-26-12-5-3-11(4-6-12)8-20-9-14(27-2)18(16(20)23)7-13(15(19)22)21(10-18)17(24)25/h3-6,13-14H,7-10H2,1-2H3,(H2,19,22)(H,24,25)/t13-,14?,18-/m0/s1. The van der Waals surface area contributed by atoms with Gasteiger partial charge in [-0.3, -0.25) is 14.5 Å². The predicted molar refractivity (Wildman–Crippen MR) is 94.0 cm³/mol. The van der Waals surface area contributed by atoms with Crippen molar-refractivity contribution in [3.8, 4) is 5.75 Å². The number of methoxy groups -OCH3 is 2. The summed E-state index contributed by atoms with van der Waals surface area (Å²) in [6, 6.07) is 6.31. The molecule has 2 fully saturated rings. The maximum atomic E-state index is 13.2. The molecule has 2 saturated heterocycles. The van der Waals surface area contributed by atoms with Crippen LogP contribution in [0.1, 0.15) is 12.0 Å². The van der Waals surface area contributed by atoms with E-state index in [1.54, 1.807) is 12.0 Å². The normalized spacial score (nSPS) is 27.4. The molecule has 1 aromatic rings. The first-order valence-electron chi connectivity index (χ1n) is 8.56. The summed E-state index contributed by atoms with van der Waals surface area (Å²) in [5, 5.41) is 9.41. The molecule has 0 aromatic heterocycles. The van der Waals surface area contributed by atoms with Gasteiger partial charge in [0.25, 0.3) is 0 Å². The third-order valence-electron chi connectivity index (χ3n) is 5.49. The number of carbonyl (C=O) groups is 3. The topological polar surface area (TPSA) is 122 Å². The Morgan fingerprint density at radius 3 is 2.44 bits per heavy atom. The number of ether oxygens (including phenoxy) is 2. The largest absolute Gasteiger partial charge is 0.497 e. The Morgan fingerprint density at radius 2 is 1.96 bits per heavy atom. The molecule has 146 valence electrons. The molecule has 3 atom stereocenters. The molecule has 0 aliphatic carbocycles. The van der Waals surface area contributed by atoms with E-state index < -0.39 is 29.6 Å². The molecule has 1 aromatic carbocycles. The highest BCUT2D eigenvalue weighted by Crippen LogP contribution is 2.45. The maximum Gasteiger partial charge on any atom is 0.408 e. The number of hydrogen-bond donors (Lipinski definition) is 2. The lowest BCUT2D eigenvalue weighted by atomic mass is 9.81. The van der Waals surface area contributed by atoms with Crippen molar-refractivity contribution >= 4 is 17.9 Å². The van der Waals surface area contributed by atoms with Gasteiger partial charge >= 0.3 is 6.09 Å². The molecule has 2 aliphatic rings. The van der Waals surface area contributed by atoms with Crippen LogP contribution in [0.5, 0.6) is 5.75 Å². The Balaban J connectivity index is 1.85. The molecule has 3 N–H and O–H groups in total. The van der Waals surface area contributed by atoms with E-state index in [-0.39, 0.29) is 18.9 Å². The van der Waals surface area contributed by atoms with Crippen molar-refractivity contribution < 1.29 is 29.0 Å². The number of nitrogens with two attached hydrogens (primary N) is 1. The zero-order valence-electron chi connectivity index (χ0n) is 15.3. The molecule has 2 heterocycles. The van der Waals surface area contributed by atoms with E-state index in [0.717, 1.165) is 16.2 Å². The second-order valence-corrected chi connectivity index (χ2v) is 6.95. The van der Waals surface area contributed by atoms with Crippen molar-refractivity contribution in [2.24, 2.45) is 11.1 Å². The third kappa shape index (κ3) is 3.18. The first kappa shape index (κ1) is 19.0. The lowest BCUT2D eigenvalue weighted by Crippen LogP contribution is -2.44. The van der Waals surface area contributed by atoms with Gasteiger partial charge in [0, 0.05) is 26.7 Å². The second-order valence-electron chi connectivity index (χ2n) is 6.95. The summed E-state index contributed by atoms with van der Waals surface area (Å²) in [5.74, 6) is -0.263. The predicted octanol–water partition coefficient (Wildman–Crippen LogP) is 0.276. The molecule has 1 unspecified atom stereocenters. The van der Waals surface area contributed by atoms with Crippen LogP contribution >= 0.6 is 0 Å². The number of primary amides is 1. The van der Waals surface area contributed by atoms with Crippen LogP contribution in [-0.4, -0.2) is 72.3 Å². The van der Waals surface area contributed by atoms with Gasteiger partial charge in [-0.1, -0.05) is 12.1 Å². The minimum absolute atomic E-state index is 0.0328.